The summed E-state index contributed by atoms with van der Waals surface area (Å²) < 4.78 is 11.3. The van der Waals surface area contributed by atoms with Crippen molar-refractivity contribution in [2.45, 2.75) is 44.8 Å². The number of rotatable bonds is 3. The average molecular weight is 236 g/mol. The lowest BCUT2D eigenvalue weighted by Crippen LogP contribution is -2.29. The number of nitrogens with two attached hydrogens (primary N) is 1. The second-order valence-electron chi connectivity index (χ2n) is 4.59. The predicted octanol–water partition coefficient (Wildman–Crippen LogP) is 2.31. The zero-order valence-electron chi connectivity index (χ0n) is 10.5. The highest BCUT2D eigenvalue weighted by atomic mass is 16.5. The minimum atomic E-state index is 0.212. The lowest BCUT2D eigenvalue weighted by molar-refractivity contribution is 0.0195. The lowest BCUT2D eigenvalue weighted by atomic mass is 9.95. The van der Waals surface area contributed by atoms with Crippen molar-refractivity contribution in [3.63, 3.8) is 0 Å². The minimum Gasteiger partial charge on any atom is -0.474 e. The quantitative estimate of drug-likeness (QED) is 0.875. The van der Waals surface area contributed by atoms with Gasteiger partial charge in [-0.1, -0.05) is 0 Å². The highest BCUT2D eigenvalue weighted by molar-refractivity contribution is 5.43. The number of pyridine rings is 1. The second kappa shape index (κ2) is 5.36. The first-order valence-electron chi connectivity index (χ1n) is 6.11. The summed E-state index contributed by atoms with van der Waals surface area (Å²) in [5.74, 6) is 0.665. The molecular weight excluding hydrogens is 216 g/mol. The number of aromatic nitrogens is 1. The molecule has 1 aromatic rings. The van der Waals surface area contributed by atoms with Gasteiger partial charge >= 0.3 is 0 Å². The number of anilines is 1. The Bertz CT molecular complexity index is 382. The lowest BCUT2D eigenvalue weighted by Gasteiger charge is -2.28. The molecule has 4 heteroatoms. The van der Waals surface area contributed by atoms with Crippen LogP contribution in [0.3, 0.4) is 0 Å². The van der Waals surface area contributed by atoms with Crippen LogP contribution in [-0.2, 0) is 4.74 Å². The van der Waals surface area contributed by atoms with Crippen LogP contribution in [0.5, 0.6) is 5.88 Å². The van der Waals surface area contributed by atoms with E-state index < -0.39 is 0 Å². The molecule has 2 N–H and O–H groups in total. The smallest absolute Gasteiger partial charge is 0.213 e. The molecule has 0 bridgehead atoms. The molecular formula is C13H20N2O2. The summed E-state index contributed by atoms with van der Waals surface area (Å²) >= 11 is 0. The molecule has 2 atom stereocenters. The average Bonchev–Trinajstić information content (AvgIpc) is 2.34. The van der Waals surface area contributed by atoms with Gasteiger partial charge in [0, 0.05) is 19.6 Å². The van der Waals surface area contributed by atoms with Crippen molar-refractivity contribution in [3.8, 4) is 5.88 Å². The van der Waals surface area contributed by atoms with Crippen LogP contribution in [0.4, 0.5) is 5.69 Å². The first-order valence-corrected chi connectivity index (χ1v) is 6.11. The van der Waals surface area contributed by atoms with Crippen LogP contribution in [-0.4, -0.2) is 24.3 Å². The van der Waals surface area contributed by atoms with Gasteiger partial charge in [-0.2, -0.15) is 0 Å². The molecule has 0 aromatic carbocycles. The Hall–Kier alpha value is -1.29. The van der Waals surface area contributed by atoms with Crippen LogP contribution in [0.25, 0.3) is 0 Å². The topological polar surface area (TPSA) is 57.4 Å². The van der Waals surface area contributed by atoms with Crippen LogP contribution in [0.2, 0.25) is 0 Å². The van der Waals surface area contributed by atoms with E-state index in [4.69, 9.17) is 15.2 Å². The van der Waals surface area contributed by atoms with Gasteiger partial charge in [-0.05, 0) is 32.3 Å². The van der Waals surface area contributed by atoms with Gasteiger partial charge in [0.05, 0.1) is 17.5 Å². The predicted molar refractivity (Wildman–Crippen MR) is 67.1 cm³/mol. The van der Waals surface area contributed by atoms with E-state index in [2.05, 4.69) is 4.98 Å². The van der Waals surface area contributed by atoms with Crippen molar-refractivity contribution in [1.82, 2.24) is 4.98 Å². The van der Waals surface area contributed by atoms with Gasteiger partial charge in [0.1, 0.15) is 6.10 Å². The number of nitrogens with zero attached hydrogens (tertiary/aromatic N) is 1. The first kappa shape index (κ1) is 12.2. The maximum absolute atomic E-state index is 5.88. The van der Waals surface area contributed by atoms with E-state index in [0.29, 0.717) is 17.7 Å². The summed E-state index contributed by atoms with van der Waals surface area (Å²) in [4.78, 5) is 4.33. The molecule has 1 aliphatic rings. The summed E-state index contributed by atoms with van der Waals surface area (Å²) in [6.07, 6.45) is 4.83. The van der Waals surface area contributed by atoms with Gasteiger partial charge in [-0.3, -0.25) is 0 Å². The highest BCUT2D eigenvalue weighted by Gasteiger charge is 2.23. The summed E-state index contributed by atoms with van der Waals surface area (Å²) in [7, 11) is 1.76. The van der Waals surface area contributed by atoms with E-state index in [1.54, 1.807) is 7.11 Å². The van der Waals surface area contributed by atoms with Gasteiger partial charge in [0.25, 0.3) is 0 Å². The standard InChI is InChI=1S/C13H20N2O2/c1-9-12(14)6-7-13(15-9)17-11-5-3-4-10(8-11)16-2/h6-7,10-11H,3-5,8,14H2,1-2H3. The molecule has 1 aliphatic carbocycles. The Morgan fingerprint density at radius 2 is 2.06 bits per heavy atom. The number of aryl methyl sites for hydroxylation is 1. The monoisotopic (exact) mass is 236 g/mol. The molecule has 0 radical (unpaired) electrons. The number of hydrogen-bond donors (Lipinski definition) is 1. The largest absolute Gasteiger partial charge is 0.474 e. The summed E-state index contributed by atoms with van der Waals surface area (Å²) in [5.41, 5.74) is 7.25. The van der Waals surface area contributed by atoms with E-state index in [1.165, 1.54) is 0 Å². The van der Waals surface area contributed by atoms with E-state index in [1.807, 2.05) is 19.1 Å². The molecule has 0 spiro atoms. The number of ether oxygens (including phenoxy) is 2. The van der Waals surface area contributed by atoms with E-state index in [9.17, 15) is 0 Å². The third kappa shape index (κ3) is 3.09. The van der Waals surface area contributed by atoms with Gasteiger partial charge in [0.15, 0.2) is 0 Å². The van der Waals surface area contributed by atoms with Crippen LogP contribution in [0.1, 0.15) is 31.4 Å². The molecule has 94 valence electrons. The molecule has 0 saturated heterocycles. The van der Waals surface area contributed by atoms with E-state index in [-0.39, 0.29) is 6.10 Å². The Balaban J connectivity index is 1.97. The Labute approximate surface area is 102 Å². The highest BCUT2D eigenvalue weighted by Crippen LogP contribution is 2.25. The third-order valence-electron chi connectivity index (χ3n) is 3.30. The van der Waals surface area contributed by atoms with Crippen molar-refractivity contribution in [2.75, 3.05) is 12.8 Å². The van der Waals surface area contributed by atoms with Crippen molar-refractivity contribution in [2.24, 2.45) is 0 Å². The van der Waals surface area contributed by atoms with Crippen LogP contribution in [0.15, 0.2) is 12.1 Å². The number of methoxy groups -OCH3 is 1. The summed E-state index contributed by atoms with van der Waals surface area (Å²) in [6, 6.07) is 3.67. The van der Waals surface area contributed by atoms with Crippen molar-refractivity contribution in [3.05, 3.63) is 17.8 Å². The molecule has 1 fully saturated rings. The van der Waals surface area contributed by atoms with Crippen molar-refractivity contribution < 1.29 is 9.47 Å². The van der Waals surface area contributed by atoms with Crippen LogP contribution in [0, 0.1) is 6.92 Å². The fourth-order valence-electron chi connectivity index (χ4n) is 2.21. The first-order chi connectivity index (χ1) is 8.19. The third-order valence-corrected chi connectivity index (χ3v) is 3.30. The maximum Gasteiger partial charge on any atom is 0.213 e. The second-order valence-corrected chi connectivity index (χ2v) is 4.59. The molecule has 0 aliphatic heterocycles. The SMILES string of the molecule is COC1CCCC(Oc2ccc(N)c(C)n2)C1. The van der Waals surface area contributed by atoms with Crippen LogP contribution >= 0.6 is 0 Å². The van der Waals surface area contributed by atoms with Gasteiger partial charge in [-0.15, -0.1) is 0 Å². The molecule has 4 nitrogen and oxygen atoms in total. The fourth-order valence-corrected chi connectivity index (χ4v) is 2.21. The summed E-state index contributed by atoms with van der Waals surface area (Å²) in [5, 5.41) is 0. The van der Waals surface area contributed by atoms with Crippen LogP contribution < -0.4 is 10.5 Å². The Kier molecular flexibility index (Phi) is 3.84. The van der Waals surface area contributed by atoms with Gasteiger partial charge < -0.3 is 15.2 Å². The van der Waals surface area contributed by atoms with Crippen molar-refractivity contribution in [1.29, 1.82) is 0 Å². The molecule has 1 saturated carbocycles. The normalized spacial score (nSPS) is 24.6. The number of nitrogen functional groups attached to an aromatic ring is 1. The molecule has 0 amide bonds. The summed E-state index contributed by atoms with van der Waals surface area (Å²) in [6.45, 7) is 1.89. The maximum atomic E-state index is 5.88. The molecule has 2 unspecified atom stereocenters. The molecule has 2 rings (SSSR count). The molecule has 17 heavy (non-hydrogen) atoms. The van der Waals surface area contributed by atoms with E-state index in [0.717, 1.165) is 31.4 Å². The van der Waals surface area contributed by atoms with Crippen molar-refractivity contribution >= 4 is 5.69 Å². The molecule has 1 aromatic heterocycles. The Morgan fingerprint density at radius 1 is 1.29 bits per heavy atom. The van der Waals surface area contributed by atoms with E-state index >= 15 is 0 Å². The van der Waals surface area contributed by atoms with Gasteiger partial charge in [-0.25, -0.2) is 4.98 Å². The Morgan fingerprint density at radius 3 is 2.76 bits per heavy atom. The number of hydrogen-bond acceptors (Lipinski definition) is 4. The zero-order valence-corrected chi connectivity index (χ0v) is 10.5. The van der Waals surface area contributed by atoms with Gasteiger partial charge in [0.2, 0.25) is 5.88 Å². The fraction of sp³-hybridized carbons (Fsp3) is 0.615. The molecule has 1 heterocycles. The minimum absolute atomic E-state index is 0.212. The zero-order chi connectivity index (χ0) is 12.3.